The number of methoxy groups -OCH3 is 1. The van der Waals surface area contributed by atoms with Crippen molar-refractivity contribution in [2.75, 3.05) is 20.3 Å². The van der Waals surface area contributed by atoms with Gasteiger partial charge in [-0.05, 0) is 68.2 Å². The molecule has 0 aromatic heterocycles. The number of halogens is 2. The molecule has 2 fully saturated rings. The lowest BCUT2D eigenvalue weighted by molar-refractivity contribution is -0.0230. The van der Waals surface area contributed by atoms with Crippen molar-refractivity contribution in [2.24, 2.45) is 5.73 Å². The van der Waals surface area contributed by atoms with E-state index in [1.165, 1.54) is 19.2 Å². The summed E-state index contributed by atoms with van der Waals surface area (Å²) in [6, 6.07) is 3.32. The summed E-state index contributed by atoms with van der Waals surface area (Å²) in [7, 11) is 1.37. The maximum atomic E-state index is 14.0. The fourth-order valence-corrected chi connectivity index (χ4v) is 4.25. The van der Waals surface area contributed by atoms with E-state index in [4.69, 9.17) is 15.2 Å². The Morgan fingerprint density at radius 3 is 2.67 bits per heavy atom. The molecule has 2 atom stereocenters. The molecule has 5 nitrogen and oxygen atoms in total. The van der Waals surface area contributed by atoms with E-state index in [1.807, 2.05) is 0 Å². The first-order chi connectivity index (χ1) is 13.0. The van der Waals surface area contributed by atoms with Crippen LogP contribution in [-0.4, -0.2) is 49.4 Å². The van der Waals surface area contributed by atoms with E-state index in [1.54, 1.807) is 4.90 Å². The molecule has 1 saturated heterocycles. The van der Waals surface area contributed by atoms with E-state index in [-0.39, 0.29) is 36.0 Å². The van der Waals surface area contributed by atoms with Crippen LogP contribution in [0.15, 0.2) is 18.2 Å². The first kappa shape index (κ1) is 20.0. The molecule has 1 heterocycles. The van der Waals surface area contributed by atoms with Gasteiger partial charge in [0.2, 0.25) is 0 Å². The number of hydrogen-bond donors (Lipinski definition) is 1. The van der Waals surface area contributed by atoms with Gasteiger partial charge in [-0.2, -0.15) is 0 Å². The highest BCUT2D eigenvalue weighted by molar-refractivity contribution is 5.68. The average molecular weight is 382 g/mol. The van der Waals surface area contributed by atoms with Gasteiger partial charge in [0.05, 0.1) is 25.9 Å². The summed E-state index contributed by atoms with van der Waals surface area (Å²) in [6.45, 7) is 1.000. The number of rotatable bonds is 4. The fraction of sp³-hybridized carbons (Fsp3) is 0.650. The molecule has 2 aliphatic rings. The molecule has 3 rings (SSSR count). The molecular weight excluding hydrogens is 354 g/mol. The third-order valence-electron chi connectivity index (χ3n) is 5.81. The molecule has 1 saturated carbocycles. The molecule has 2 N–H and O–H groups in total. The van der Waals surface area contributed by atoms with Gasteiger partial charge in [0.15, 0.2) is 0 Å². The summed E-state index contributed by atoms with van der Waals surface area (Å²) in [5.41, 5.74) is 6.66. The van der Waals surface area contributed by atoms with Crippen LogP contribution in [-0.2, 0) is 9.47 Å². The van der Waals surface area contributed by atoms with Crippen LogP contribution >= 0.6 is 0 Å². The second-order valence-electron chi connectivity index (χ2n) is 7.51. The molecular formula is C20H28F2N2O3. The number of likely N-dealkylation sites (tertiary alicyclic amines) is 1. The normalized spacial score (nSPS) is 28.8. The van der Waals surface area contributed by atoms with Gasteiger partial charge in [0, 0.05) is 12.6 Å². The minimum atomic E-state index is -0.404. The van der Waals surface area contributed by atoms with Gasteiger partial charge in [-0.25, -0.2) is 13.6 Å². The lowest BCUT2D eigenvalue weighted by atomic mass is 9.82. The van der Waals surface area contributed by atoms with E-state index in [0.717, 1.165) is 44.6 Å². The molecule has 1 aromatic carbocycles. The van der Waals surface area contributed by atoms with Crippen LogP contribution in [0.5, 0.6) is 0 Å². The van der Waals surface area contributed by atoms with Crippen molar-refractivity contribution in [3.05, 3.63) is 35.4 Å². The number of ether oxygens (including phenoxy) is 2. The van der Waals surface area contributed by atoms with E-state index in [2.05, 4.69) is 0 Å². The zero-order chi connectivity index (χ0) is 19.4. The van der Waals surface area contributed by atoms with Gasteiger partial charge in [-0.1, -0.05) is 0 Å². The Labute approximate surface area is 158 Å². The van der Waals surface area contributed by atoms with Crippen molar-refractivity contribution in [1.29, 1.82) is 0 Å². The van der Waals surface area contributed by atoms with Gasteiger partial charge in [-0.15, -0.1) is 0 Å². The monoisotopic (exact) mass is 382 g/mol. The van der Waals surface area contributed by atoms with Crippen molar-refractivity contribution in [2.45, 2.75) is 62.6 Å². The van der Waals surface area contributed by atoms with Gasteiger partial charge >= 0.3 is 6.09 Å². The number of benzene rings is 1. The van der Waals surface area contributed by atoms with Gasteiger partial charge in [0.1, 0.15) is 11.6 Å². The Kier molecular flexibility index (Phi) is 6.65. The topological polar surface area (TPSA) is 64.8 Å². The Morgan fingerprint density at radius 1 is 1.22 bits per heavy atom. The smallest absolute Gasteiger partial charge is 0.409 e. The predicted molar refractivity (Wildman–Crippen MR) is 97.4 cm³/mol. The predicted octanol–water partition coefficient (Wildman–Crippen LogP) is 3.57. The fourth-order valence-electron chi connectivity index (χ4n) is 4.25. The highest BCUT2D eigenvalue weighted by atomic mass is 19.1. The molecule has 0 bridgehead atoms. The molecule has 0 unspecified atom stereocenters. The van der Waals surface area contributed by atoms with Crippen molar-refractivity contribution in [3.8, 4) is 0 Å². The number of carbonyl (C=O) groups is 1. The molecule has 0 radical (unpaired) electrons. The van der Waals surface area contributed by atoms with Crippen LogP contribution in [0, 0.1) is 11.6 Å². The van der Waals surface area contributed by atoms with Crippen molar-refractivity contribution in [1.82, 2.24) is 4.90 Å². The van der Waals surface area contributed by atoms with E-state index in [9.17, 15) is 13.6 Å². The zero-order valence-corrected chi connectivity index (χ0v) is 15.7. The summed E-state index contributed by atoms with van der Waals surface area (Å²) >= 11 is 0. The Balaban J connectivity index is 1.53. The van der Waals surface area contributed by atoms with Crippen molar-refractivity contribution in [3.63, 3.8) is 0 Å². The number of nitrogens with zero attached hydrogens (tertiary/aromatic N) is 1. The summed E-state index contributed by atoms with van der Waals surface area (Å²) in [5, 5.41) is 0. The Bertz CT molecular complexity index is 650. The molecule has 1 aromatic rings. The van der Waals surface area contributed by atoms with Crippen molar-refractivity contribution < 1.29 is 23.0 Å². The van der Waals surface area contributed by atoms with Gasteiger partial charge in [-0.3, -0.25) is 0 Å². The standard InChI is InChI=1S/C20H28F2N2O3/c1-26-20(25)24-10-2-3-18(23)19(24)12-27-15-7-4-13(5-8-15)16-11-14(21)6-9-17(16)22/h6,9,11,13,15,18-19H,2-5,7-8,10,12,23H2,1H3/t13?,15?,18-,19-/m0/s1. The molecule has 27 heavy (non-hydrogen) atoms. The Hall–Kier alpha value is -1.73. The molecule has 1 amide bonds. The van der Waals surface area contributed by atoms with E-state index < -0.39 is 5.82 Å². The van der Waals surface area contributed by atoms with E-state index in [0.29, 0.717) is 18.7 Å². The van der Waals surface area contributed by atoms with Gasteiger partial charge in [0.25, 0.3) is 0 Å². The average Bonchev–Trinajstić information content (AvgIpc) is 2.68. The van der Waals surface area contributed by atoms with Crippen LogP contribution in [0.1, 0.15) is 50.0 Å². The van der Waals surface area contributed by atoms with Crippen LogP contribution in [0.25, 0.3) is 0 Å². The highest BCUT2D eigenvalue weighted by Crippen LogP contribution is 2.35. The summed E-state index contributed by atoms with van der Waals surface area (Å²) in [6.07, 6.45) is 4.45. The van der Waals surface area contributed by atoms with Crippen LogP contribution < -0.4 is 5.73 Å². The molecule has 1 aliphatic heterocycles. The molecule has 150 valence electrons. The minimum absolute atomic E-state index is 0.0176. The number of carbonyl (C=O) groups excluding carboxylic acids is 1. The first-order valence-electron chi connectivity index (χ1n) is 9.66. The lowest BCUT2D eigenvalue weighted by Crippen LogP contribution is -2.56. The third-order valence-corrected chi connectivity index (χ3v) is 5.81. The number of nitrogens with two attached hydrogens (primary N) is 1. The largest absolute Gasteiger partial charge is 0.453 e. The maximum Gasteiger partial charge on any atom is 0.409 e. The lowest BCUT2D eigenvalue weighted by Gasteiger charge is -2.39. The number of piperidine rings is 1. The van der Waals surface area contributed by atoms with Crippen LogP contribution in [0.4, 0.5) is 13.6 Å². The molecule has 7 heteroatoms. The van der Waals surface area contributed by atoms with Crippen molar-refractivity contribution >= 4 is 6.09 Å². The highest BCUT2D eigenvalue weighted by Gasteiger charge is 2.34. The SMILES string of the molecule is COC(=O)N1CCC[C@H](N)[C@@H]1COC1CCC(c2cc(F)ccc2F)CC1. The second kappa shape index (κ2) is 8.97. The quantitative estimate of drug-likeness (QED) is 0.865. The number of amides is 1. The van der Waals surface area contributed by atoms with Crippen LogP contribution in [0.3, 0.4) is 0 Å². The first-order valence-corrected chi connectivity index (χ1v) is 9.66. The van der Waals surface area contributed by atoms with Gasteiger partial charge < -0.3 is 20.1 Å². The maximum absolute atomic E-state index is 14.0. The third kappa shape index (κ3) is 4.76. The van der Waals surface area contributed by atoms with E-state index >= 15 is 0 Å². The number of hydrogen-bond acceptors (Lipinski definition) is 4. The second-order valence-corrected chi connectivity index (χ2v) is 7.51. The molecule has 0 spiro atoms. The Morgan fingerprint density at radius 2 is 1.96 bits per heavy atom. The van der Waals surface area contributed by atoms with Crippen LogP contribution in [0.2, 0.25) is 0 Å². The molecule has 1 aliphatic carbocycles. The summed E-state index contributed by atoms with van der Waals surface area (Å²) in [5.74, 6) is -0.731. The minimum Gasteiger partial charge on any atom is -0.453 e. The zero-order valence-electron chi connectivity index (χ0n) is 15.7. The summed E-state index contributed by atoms with van der Waals surface area (Å²) < 4.78 is 38.3. The summed E-state index contributed by atoms with van der Waals surface area (Å²) in [4.78, 5) is 13.6.